The molecule has 16 heavy (non-hydrogen) atoms. The average Bonchev–Trinajstić information content (AvgIpc) is 2.15. The van der Waals surface area contributed by atoms with Crippen LogP contribution in [0.2, 0.25) is 0 Å². The van der Waals surface area contributed by atoms with E-state index in [0.717, 1.165) is 0 Å². The molecule has 0 radical (unpaired) electrons. The Hall–Kier alpha value is -0.980. The highest BCUT2D eigenvalue weighted by Gasteiger charge is 2.37. The fourth-order valence-corrected chi connectivity index (χ4v) is 1.26. The summed E-state index contributed by atoms with van der Waals surface area (Å²) in [7, 11) is 0. The molecular formula is C10H17NO5. The molecular weight excluding hydrogens is 214 g/mol. The zero-order valence-corrected chi connectivity index (χ0v) is 9.47. The lowest BCUT2D eigenvalue weighted by atomic mass is 10.1. The van der Waals surface area contributed by atoms with Crippen LogP contribution in [0.5, 0.6) is 0 Å². The molecule has 0 aromatic carbocycles. The van der Waals surface area contributed by atoms with E-state index in [1.54, 1.807) is 6.92 Å². The molecule has 1 fully saturated rings. The summed E-state index contributed by atoms with van der Waals surface area (Å²) in [6.45, 7) is 3.44. The number of carbonyl (C=O) groups is 2. The van der Waals surface area contributed by atoms with Crippen LogP contribution in [0.15, 0.2) is 0 Å². The lowest BCUT2D eigenvalue weighted by Crippen LogP contribution is -2.47. The molecule has 0 saturated carbocycles. The van der Waals surface area contributed by atoms with Gasteiger partial charge in [-0.1, -0.05) is 0 Å². The van der Waals surface area contributed by atoms with Crippen LogP contribution in [-0.2, 0) is 23.8 Å². The van der Waals surface area contributed by atoms with Gasteiger partial charge in [0.2, 0.25) is 0 Å². The van der Waals surface area contributed by atoms with Gasteiger partial charge in [0.1, 0.15) is 5.78 Å². The second-order valence-electron chi connectivity index (χ2n) is 3.58. The number of carbonyl (C=O) groups excluding carboxylic acids is 2. The Balaban J connectivity index is 2.12. The third-order valence-corrected chi connectivity index (χ3v) is 2.27. The van der Waals surface area contributed by atoms with Crippen molar-refractivity contribution >= 4 is 11.8 Å². The van der Waals surface area contributed by atoms with E-state index in [2.05, 4.69) is 0 Å². The van der Waals surface area contributed by atoms with Gasteiger partial charge in [-0.3, -0.25) is 4.79 Å². The highest BCUT2D eigenvalue weighted by Crippen LogP contribution is 2.22. The number of hydrogen-bond donors (Lipinski definition) is 1. The molecule has 0 amide bonds. The van der Waals surface area contributed by atoms with Crippen LogP contribution >= 0.6 is 0 Å². The van der Waals surface area contributed by atoms with Gasteiger partial charge in [-0.05, 0) is 20.3 Å². The molecule has 1 rings (SSSR count). The minimum Gasteiger partial charge on any atom is -0.462 e. The monoisotopic (exact) mass is 231 g/mol. The molecule has 0 aliphatic carbocycles. The summed E-state index contributed by atoms with van der Waals surface area (Å²) in [5.74, 6) is -0.587. The lowest BCUT2D eigenvalue weighted by molar-refractivity contribution is -0.373. The Morgan fingerprint density at radius 3 is 2.56 bits per heavy atom. The second-order valence-corrected chi connectivity index (χ2v) is 3.58. The van der Waals surface area contributed by atoms with Crippen LogP contribution in [-0.4, -0.2) is 37.0 Å². The van der Waals surface area contributed by atoms with E-state index in [1.807, 2.05) is 0 Å². The van der Waals surface area contributed by atoms with E-state index >= 15 is 0 Å². The molecule has 2 N–H and O–H groups in total. The number of rotatable bonds is 6. The zero-order valence-electron chi connectivity index (χ0n) is 9.47. The molecule has 1 unspecified atom stereocenters. The quantitative estimate of drug-likeness (QED) is 0.644. The molecule has 1 atom stereocenters. The van der Waals surface area contributed by atoms with Gasteiger partial charge >= 0.3 is 5.97 Å². The van der Waals surface area contributed by atoms with Crippen molar-refractivity contribution in [2.45, 2.75) is 45.3 Å². The van der Waals surface area contributed by atoms with E-state index in [0.29, 0.717) is 19.4 Å². The maximum atomic E-state index is 11.1. The number of nitrogens with two attached hydrogens (primary N) is 1. The first-order chi connectivity index (χ1) is 7.54. The molecule has 92 valence electrons. The summed E-state index contributed by atoms with van der Waals surface area (Å²) in [6, 6.07) is -0.492. The van der Waals surface area contributed by atoms with E-state index in [4.69, 9.17) is 19.9 Å². The number of Topliss-reactive ketones (excluding diaryl/α,β-unsaturated/α-hetero) is 1. The van der Waals surface area contributed by atoms with E-state index in [1.165, 1.54) is 6.92 Å². The van der Waals surface area contributed by atoms with Gasteiger partial charge in [0.25, 0.3) is 6.29 Å². The number of hydrogen-bond acceptors (Lipinski definition) is 6. The summed E-state index contributed by atoms with van der Waals surface area (Å²) in [6.07, 6.45) is -0.398. The third kappa shape index (κ3) is 3.55. The molecule has 1 saturated heterocycles. The van der Waals surface area contributed by atoms with E-state index in [-0.39, 0.29) is 5.78 Å². The summed E-state index contributed by atoms with van der Waals surface area (Å²) >= 11 is 0. The average molecular weight is 231 g/mol. The van der Waals surface area contributed by atoms with Crippen LogP contribution in [0.1, 0.15) is 26.7 Å². The van der Waals surface area contributed by atoms with Gasteiger partial charge in [-0.25, -0.2) is 4.79 Å². The molecule has 1 heterocycles. The molecule has 0 aromatic heterocycles. The van der Waals surface area contributed by atoms with Crippen molar-refractivity contribution in [3.05, 3.63) is 0 Å². The van der Waals surface area contributed by atoms with Gasteiger partial charge in [-0.15, -0.1) is 0 Å². The van der Waals surface area contributed by atoms with Gasteiger partial charge in [0.05, 0.1) is 12.6 Å². The fourth-order valence-electron chi connectivity index (χ4n) is 1.26. The minimum absolute atomic E-state index is 0.0683. The fraction of sp³-hybridized carbons (Fsp3) is 0.800. The van der Waals surface area contributed by atoms with Gasteiger partial charge in [0, 0.05) is 6.42 Å². The first-order valence-electron chi connectivity index (χ1n) is 5.28. The highest BCUT2D eigenvalue weighted by atomic mass is 16.9. The van der Waals surface area contributed by atoms with Crippen LogP contribution in [0.25, 0.3) is 0 Å². The van der Waals surface area contributed by atoms with Gasteiger partial charge < -0.3 is 19.9 Å². The van der Waals surface area contributed by atoms with E-state index < -0.39 is 24.6 Å². The maximum Gasteiger partial charge on any atom is 0.363 e. The first-order valence-corrected chi connectivity index (χ1v) is 5.28. The predicted octanol–water partition coefficient (Wildman–Crippen LogP) is -0.0550. The minimum atomic E-state index is -0.918. The zero-order chi connectivity index (χ0) is 12.1. The summed E-state index contributed by atoms with van der Waals surface area (Å²) < 4.78 is 14.9. The lowest BCUT2D eigenvalue weighted by Gasteiger charge is -2.34. The molecule has 1 aliphatic rings. The van der Waals surface area contributed by atoms with Crippen molar-refractivity contribution in [3.8, 4) is 0 Å². The van der Waals surface area contributed by atoms with Crippen molar-refractivity contribution in [2.24, 2.45) is 5.73 Å². The standard InChI is InChI=1S/C10H17NO5/c1-3-14-9(13)10-15-8(16-10)5-4-7(11)6(2)12/h7-8,10H,3-5,11H2,1-2H3. The molecule has 0 spiro atoms. The third-order valence-electron chi connectivity index (χ3n) is 2.27. The van der Waals surface area contributed by atoms with Gasteiger partial charge in [-0.2, -0.15) is 0 Å². The molecule has 6 heteroatoms. The van der Waals surface area contributed by atoms with Crippen molar-refractivity contribution in [2.75, 3.05) is 6.61 Å². The van der Waals surface area contributed by atoms with E-state index in [9.17, 15) is 9.59 Å². The molecule has 1 aliphatic heterocycles. The Kier molecular flexibility index (Phi) is 4.85. The van der Waals surface area contributed by atoms with Crippen molar-refractivity contribution in [3.63, 3.8) is 0 Å². The molecule has 6 nitrogen and oxygen atoms in total. The van der Waals surface area contributed by atoms with Gasteiger partial charge in [0.15, 0.2) is 6.29 Å². The number of ketones is 1. The number of ether oxygens (including phenoxy) is 3. The van der Waals surface area contributed by atoms with Crippen LogP contribution in [0.4, 0.5) is 0 Å². The summed E-state index contributed by atoms with van der Waals surface area (Å²) in [5, 5.41) is 0. The molecule has 0 aromatic rings. The van der Waals surface area contributed by atoms with Crippen molar-refractivity contribution in [1.82, 2.24) is 0 Å². The summed E-state index contributed by atoms with van der Waals surface area (Å²) in [5.41, 5.74) is 5.53. The first kappa shape index (κ1) is 13.1. The largest absolute Gasteiger partial charge is 0.462 e. The smallest absolute Gasteiger partial charge is 0.363 e. The Labute approximate surface area is 94.0 Å². The summed E-state index contributed by atoms with van der Waals surface area (Å²) in [4.78, 5) is 21.9. The maximum absolute atomic E-state index is 11.1. The Morgan fingerprint density at radius 2 is 2.06 bits per heavy atom. The highest BCUT2D eigenvalue weighted by molar-refractivity contribution is 5.81. The normalized spacial score (nSPS) is 25.7. The Morgan fingerprint density at radius 1 is 1.44 bits per heavy atom. The molecule has 0 bridgehead atoms. The van der Waals surface area contributed by atoms with Crippen LogP contribution in [0.3, 0.4) is 0 Å². The van der Waals surface area contributed by atoms with Crippen LogP contribution in [0, 0.1) is 0 Å². The Bertz CT molecular complexity index is 262. The topological polar surface area (TPSA) is 87.9 Å². The number of esters is 1. The predicted molar refractivity (Wildman–Crippen MR) is 54.3 cm³/mol. The van der Waals surface area contributed by atoms with Crippen LogP contribution < -0.4 is 5.73 Å². The second kappa shape index (κ2) is 5.93. The van der Waals surface area contributed by atoms with Crippen molar-refractivity contribution in [1.29, 1.82) is 0 Å². The van der Waals surface area contributed by atoms with Crippen molar-refractivity contribution < 1.29 is 23.8 Å². The SMILES string of the molecule is CCOC(=O)C1OC(CCC(N)C(C)=O)O1.